The molecule has 0 bridgehead atoms. The zero-order chi connectivity index (χ0) is 17.6. The van der Waals surface area contributed by atoms with Crippen molar-refractivity contribution in [1.82, 2.24) is 15.0 Å². The van der Waals surface area contributed by atoms with Crippen LogP contribution < -0.4 is 5.32 Å². The topological polar surface area (TPSA) is 67.8 Å². The molecule has 0 atom stereocenters. The molecule has 0 aliphatic rings. The molecule has 3 rings (SSSR count). The van der Waals surface area contributed by atoms with Crippen LogP contribution in [0.4, 0.5) is 11.6 Å². The van der Waals surface area contributed by atoms with E-state index in [1.165, 1.54) is 6.08 Å². The van der Waals surface area contributed by atoms with Crippen LogP contribution in [0.1, 0.15) is 11.1 Å². The van der Waals surface area contributed by atoms with Crippen LogP contribution in [-0.4, -0.2) is 20.7 Å². The maximum Gasteiger partial charge on any atom is 0.227 e. The monoisotopic (exact) mass is 330 g/mol. The highest BCUT2D eigenvalue weighted by Gasteiger charge is 2.07. The van der Waals surface area contributed by atoms with Crippen molar-refractivity contribution in [3.05, 3.63) is 78.8 Å². The molecule has 25 heavy (non-hydrogen) atoms. The lowest BCUT2D eigenvalue weighted by atomic mass is 10.1. The first-order chi connectivity index (χ1) is 12.2. The lowest BCUT2D eigenvalue weighted by Crippen LogP contribution is -2.02. The predicted molar refractivity (Wildman–Crippen MR) is 98.6 cm³/mol. The van der Waals surface area contributed by atoms with Gasteiger partial charge in [0.2, 0.25) is 5.95 Å². The fraction of sp³-hybridized carbons (Fsp3) is 0.100. The normalized spacial score (nSPS) is 10.3. The van der Waals surface area contributed by atoms with Crippen LogP contribution in [0.5, 0.6) is 0 Å². The Hall–Kier alpha value is -3.34. The van der Waals surface area contributed by atoms with Crippen LogP contribution in [0.3, 0.4) is 0 Å². The van der Waals surface area contributed by atoms with E-state index >= 15 is 0 Å². The lowest BCUT2D eigenvalue weighted by molar-refractivity contribution is -0.114. The van der Waals surface area contributed by atoms with E-state index in [0.29, 0.717) is 12.4 Å². The Labute approximate surface area is 146 Å². The minimum atomic E-state index is -0.00960. The third-order valence-electron chi connectivity index (χ3n) is 3.77. The van der Waals surface area contributed by atoms with E-state index in [0.717, 1.165) is 28.1 Å². The number of rotatable bonds is 6. The number of ketones is 1. The van der Waals surface area contributed by atoms with E-state index in [-0.39, 0.29) is 5.78 Å². The number of nitrogens with one attached hydrogen (secondary N) is 1. The molecule has 0 saturated carbocycles. The standard InChI is InChI=1S/C20H18N4O/c1-3-17(25)11-15-7-6-14(2)19(12-15)24-20-22-10-8-18(23-20)16-5-4-9-21-13-16/h3-10,12-13H,1,11H2,2H3,(H,22,23,24). The number of hydrogen-bond donors (Lipinski definition) is 1. The van der Waals surface area contributed by atoms with Gasteiger partial charge in [0.15, 0.2) is 5.78 Å². The van der Waals surface area contributed by atoms with Crippen molar-refractivity contribution in [3.63, 3.8) is 0 Å². The van der Waals surface area contributed by atoms with Crippen molar-refractivity contribution in [2.24, 2.45) is 0 Å². The Bertz CT molecular complexity index is 907. The average molecular weight is 330 g/mol. The summed E-state index contributed by atoms with van der Waals surface area (Å²) in [5, 5.41) is 3.23. The number of nitrogens with zero attached hydrogens (tertiary/aromatic N) is 3. The van der Waals surface area contributed by atoms with Gasteiger partial charge in [0.05, 0.1) is 5.69 Å². The first-order valence-corrected chi connectivity index (χ1v) is 7.91. The zero-order valence-corrected chi connectivity index (χ0v) is 13.9. The van der Waals surface area contributed by atoms with Gasteiger partial charge < -0.3 is 5.32 Å². The van der Waals surface area contributed by atoms with Gasteiger partial charge in [-0.1, -0.05) is 18.7 Å². The molecule has 0 amide bonds. The maximum absolute atomic E-state index is 11.6. The summed E-state index contributed by atoms with van der Waals surface area (Å²) in [6.07, 6.45) is 6.86. The molecule has 0 aliphatic heterocycles. The van der Waals surface area contributed by atoms with Gasteiger partial charge in [0.1, 0.15) is 0 Å². The van der Waals surface area contributed by atoms with Gasteiger partial charge in [0.25, 0.3) is 0 Å². The third kappa shape index (κ3) is 4.14. The molecule has 5 heteroatoms. The highest BCUT2D eigenvalue weighted by atomic mass is 16.1. The summed E-state index contributed by atoms with van der Waals surface area (Å²) >= 11 is 0. The molecule has 0 aliphatic carbocycles. The summed E-state index contributed by atoms with van der Waals surface area (Å²) in [5.74, 6) is 0.487. The second kappa shape index (κ2) is 7.49. The van der Waals surface area contributed by atoms with Gasteiger partial charge in [-0.3, -0.25) is 9.78 Å². The quantitative estimate of drug-likeness (QED) is 0.695. The Morgan fingerprint density at radius 1 is 1.24 bits per heavy atom. The van der Waals surface area contributed by atoms with Crippen LogP contribution in [0, 0.1) is 6.92 Å². The summed E-state index contributed by atoms with van der Waals surface area (Å²) in [4.78, 5) is 24.5. The number of benzene rings is 1. The van der Waals surface area contributed by atoms with Gasteiger partial charge in [-0.15, -0.1) is 0 Å². The summed E-state index contributed by atoms with van der Waals surface area (Å²) in [7, 11) is 0. The first kappa shape index (κ1) is 16.5. The SMILES string of the molecule is C=CC(=O)Cc1ccc(C)c(Nc2nccc(-c3cccnc3)n2)c1. The highest BCUT2D eigenvalue weighted by Crippen LogP contribution is 2.22. The van der Waals surface area contributed by atoms with Crippen LogP contribution in [0.2, 0.25) is 0 Å². The van der Waals surface area contributed by atoms with E-state index in [9.17, 15) is 4.79 Å². The second-order valence-corrected chi connectivity index (χ2v) is 5.63. The van der Waals surface area contributed by atoms with Crippen LogP contribution in [0.25, 0.3) is 11.3 Å². The molecular weight excluding hydrogens is 312 g/mol. The molecule has 0 saturated heterocycles. The van der Waals surface area contributed by atoms with Crippen molar-refractivity contribution >= 4 is 17.4 Å². The van der Waals surface area contributed by atoms with E-state index in [1.807, 2.05) is 43.3 Å². The van der Waals surface area contributed by atoms with Crippen molar-refractivity contribution in [2.45, 2.75) is 13.3 Å². The minimum Gasteiger partial charge on any atom is -0.324 e. The fourth-order valence-corrected chi connectivity index (χ4v) is 2.40. The fourth-order valence-electron chi connectivity index (χ4n) is 2.40. The first-order valence-electron chi connectivity index (χ1n) is 7.91. The Kier molecular flexibility index (Phi) is 4.95. The molecule has 1 N–H and O–H groups in total. The molecule has 5 nitrogen and oxygen atoms in total. The number of pyridine rings is 1. The summed E-state index contributed by atoms with van der Waals surface area (Å²) < 4.78 is 0. The summed E-state index contributed by atoms with van der Waals surface area (Å²) in [6.45, 7) is 5.51. The molecule has 1 aromatic carbocycles. The Morgan fingerprint density at radius 2 is 2.12 bits per heavy atom. The average Bonchev–Trinajstić information content (AvgIpc) is 2.65. The predicted octanol–water partition coefficient (Wildman–Crippen LogP) is 3.89. The second-order valence-electron chi connectivity index (χ2n) is 5.63. The number of aromatic nitrogens is 3. The van der Waals surface area contributed by atoms with Gasteiger partial charge in [-0.25, -0.2) is 9.97 Å². The van der Waals surface area contributed by atoms with E-state index < -0.39 is 0 Å². The number of allylic oxidation sites excluding steroid dienone is 1. The number of carbonyl (C=O) groups excluding carboxylic acids is 1. The highest BCUT2D eigenvalue weighted by molar-refractivity contribution is 5.91. The van der Waals surface area contributed by atoms with Crippen molar-refractivity contribution in [3.8, 4) is 11.3 Å². The Balaban J connectivity index is 1.86. The smallest absolute Gasteiger partial charge is 0.227 e. The van der Waals surface area contributed by atoms with E-state index in [4.69, 9.17) is 0 Å². The lowest BCUT2D eigenvalue weighted by Gasteiger charge is -2.11. The number of carbonyl (C=O) groups is 1. The maximum atomic E-state index is 11.6. The Morgan fingerprint density at radius 3 is 2.88 bits per heavy atom. The molecule has 2 heterocycles. The molecular formula is C20H18N4O. The number of anilines is 2. The zero-order valence-electron chi connectivity index (χ0n) is 13.9. The minimum absolute atomic E-state index is 0.00960. The van der Waals surface area contributed by atoms with Crippen LogP contribution in [0.15, 0.2) is 67.6 Å². The van der Waals surface area contributed by atoms with Crippen molar-refractivity contribution < 1.29 is 4.79 Å². The molecule has 124 valence electrons. The van der Waals surface area contributed by atoms with Crippen LogP contribution in [-0.2, 0) is 11.2 Å². The van der Waals surface area contributed by atoms with Gasteiger partial charge >= 0.3 is 0 Å². The molecule has 0 unspecified atom stereocenters. The third-order valence-corrected chi connectivity index (χ3v) is 3.77. The van der Waals surface area contributed by atoms with Gasteiger partial charge in [-0.05, 0) is 48.4 Å². The molecule has 2 aromatic heterocycles. The van der Waals surface area contributed by atoms with Crippen molar-refractivity contribution in [2.75, 3.05) is 5.32 Å². The van der Waals surface area contributed by atoms with Crippen molar-refractivity contribution in [1.29, 1.82) is 0 Å². The van der Waals surface area contributed by atoms with Crippen LogP contribution >= 0.6 is 0 Å². The molecule has 0 fully saturated rings. The van der Waals surface area contributed by atoms with E-state index in [2.05, 4.69) is 26.8 Å². The summed E-state index contributed by atoms with van der Waals surface area (Å²) in [5.41, 5.74) is 4.56. The molecule has 3 aromatic rings. The summed E-state index contributed by atoms with van der Waals surface area (Å²) in [6, 6.07) is 11.5. The van der Waals surface area contributed by atoms with E-state index in [1.54, 1.807) is 18.6 Å². The molecule has 0 spiro atoms. The number of aryl methyl sites for hydroxylation is 1. The van der Waals surface area contributed by atoms with Gasteiger partial charge in [-0.2, -0.15) is 0 Å². The largest absolute Gasteiger partial charge is 0.324 e. The van der Waals surface area contributed by atoms with Gasteiger partial charge in [0, 0.05) is 36.3 Å². The molecule has 0 radical (unpaired) electrons. The number of hydrogen-bond acceptors (Lipinski definition) is 5.